The molecule has 1 aliphatic heterocycles. The second-order valence-electron chi connectivity index (χ2n) is 14.0. The fourth-order valence-corrected chi connectivity index (χ4v) is 8.04. The number of hydrogen-bond acceptors (Lipinski definition) is 8. The van der Waals surface area contributed by atoms with Crippen LogP contribution in [0.25, 0.3) is 0 Å². The summed E-state index contributed by atoms with van der Waals surface area (Å²) >= 11 is 0. The third-order valence-corrected chi connectivity index (χ3v) is 10.8. The molecule has 4 fully saturated rings. The molecule has 0 aromatic heterocycles. The highest BCUT2D eigenvalue weighted by molar-refractivity contribution is 5.81. The minimum absolute atomic E-state index is 0.0855. The maximum atomic E-state index is 15.5. The van der Waals surface area contributed by atoms with Gasteiger partial charge in [0.05, 0.1) is 24.2 Å². The molecule has 4 unspecified atom stereocenters. The molecule has 3 aliphatic carbocycles. The fraction of sp³-hybridized carbons (Fsp3) is 0.838. The number of carbonyl (C=O) groups excluding carboxylic acids is 2. The Kier molecular flexibility index (Phi) is 16.0. The molecule has 0 N–H and O–H groups in total. The van der Waals surface area contributed by atoms with Gasteiger partial charge in [-0.1, -0.05) is 31.9 Å². The summed E-state index contributed by atoms with van der Waals surface area (Å²) in [5, 5.41) is 0. The van der Waals surface area contributed by atoms with Gasteiger partial charge in [0.2, 0.25) is 0 Å². The van der Waals surface area contributed by atoms with Crippen LogP contribution in [0.1, 0.15) is 122 Å². The van der Waals surface area contributed by atoms with Gasteiger partial charge < -0.3 is 18.9 Å². The van der Waals surface area contributed by atoms with Crippen molar-refractivity contribution < 1.29 is 42.7 Å². The highest BCUT2D eigenvalue weighted by Gasteiger charge is 2.47. The minimum Gasteiger partial charge on any atom is -0.463 e. The quantitative estimate of drug-likeness (QED) is 0.0416. The Morgan fingerprint density at radius 3 is 2.33 bits per heavy atom. The number of esters is 2. The van der Waals surface area contributed by atoms with E-state index in [-0.39, 0.29) is 35.7 Å². The fourth-order valence-electron chi connectivity index (χ4n) is 8.04. The number of hydrogen-bond donors (Lipinski definition) is 0. The molecule has 1 heterocycles. The first-order valence-electron chi connectivity index (χ1n) is 18.2. The lowest BCUT2D eigenvalue weighted by Crippen LogP contribution is -2.51. The lowest BCUT2D eigenvalue weighted by Gasteiger charge is -2.47. The van der Waals surface area contributed by atoms with Crippen LogP contribution >= 0.6 is 0 Å². The summed E-state index contributed by atoms with van der Waals surface area (Å²) in [6.45, 7) is 9.34. The van der Waals surface area contributed by atoms with Gasteiger partial charge >= 0.3 is 11.9 Å². The predicted octanol–water partition coefficient (Wildman–Crippen LogP) is 7.92. The largest absolute Gasteiger partial charge is 0.463 e. The van der Waals surface area contributed by atoms with E-state index < -0.39 is 12.3 Å². The van der Waals surface area contributed by atoms with E-state index in [0.717, 1.165) is 116 Å². The zero-order valence-corrected chi connectivity index (χ0v) is 28.0. The van der Waals surface area contributed by atoms with Crippen molar-refractivity contribution in [3.63, 3.8) is 0 Å². The number of halogens is 1. The van der Waals surface area contributed by atoms with Gasteiger partial charge in [0, 0.05) is 19.3 Å². The molecule has 0 amide bonds. The molecule has 0 aromatic rings. The average Bonchev–Trinajstić information content (AvgIpc) is 3.07. The number of carbonyl (C=O) groups is 2. The van der Waals surface area contributed by atoms with E-state index in [1.807, 2.05) is 0 Å². The molecule has 3 saturated carbocycles. The summed E-state index contributed by atoms with van der Waals surface area (Å²) in [4.78, 5) is 35.3. The van der Waals surface area contributed by atoms with Crippen molar-refractivity contribution in [1.82, 2.24) is 0 Å². The predicted molar refractivity (Wildman–Crippen MR) is 174 cm³/mol. The molecule has 4 rings (SSSR count). The Labute approximate surface area is 276 Å². The van der Waals surface area contributed by atoms with Gasteiger partial charge in [0.15, 0.2) is 0 Å². The molecule has 9 heteroatoms. The molecule has 1 saturated heterocycles. The molecule has 46 heavy (non-hydrogen) atoms. The molecule has 262 valence electrons. The van der Waals surface area contributed by atoms with Crippen molar-refractivity contribution in [2.75, 3.05) is 26.4 Å². The second-order valence-corrected chi connectivity index (χ2v) is 14.0. The minimum atomic E-state index is -1.10. The smallest absolute Gasteiger partial charge is 0.330 e. The van der Waals surface area contributed by atoms with Crippen LogP contribution in [0.4, 0.5) is 4.39 Å². The molecule has 1 spiro atoms. The zero-order valence-electron chi connectivity index (χ0n) is 28.0. The second kappa shape index (κ2) is 19.9. The summed E-state index contributed by atoms with van der Waals surface area (Å²) in [6.07, 6.45) is 18.3. The Morgan fingerprint density at radius 2 is 1.61 bits per heavy atom. The monoisotopic (exact) mass is 650 g/mol. The first kappa shape index (κ1) is 37.0. The van der Waals surface area contributed by atoms with Crippen molar-refractivity contribution in [2.24, 2.45) is 17.8 Å². The van der Waals surface area contributed by atoms with Crippen molar-refractivity contribution in [2.45, 2.75) is 152 Å². The molecule has 4 aliphatic rings. The number of unbranched alkanes of at least 4 members (excludes halogenated alkanes) is 3. The van der Waals surface area contributed by atoms with E-state index in [1.165, 1.54) is 6.08 Å². The van der Waals surface area contributed by atoms with E-state index in [1.54, 1.807) is 6.08 Å². The number of ether oxygens (including phenoxy) is 4. The van der Waals surface area contributed by atoms with Crippen molar-refractivity contribution in [3.05, 3.63) is 25.3 Å². The zero-order chi connectivity index (χ0) is 32.6. The van der Waals surface area contributed by atoms with Crippen LogP contribution < -0.4 is 0 Å². The molecule has 0 radical (unpaired) electrons. The van der Waals surface area contributed by atoms with Crippen LogP contribution in [0.5, 0.6) is 0 Å². The maximum absolute atomic E-state index is 15.5. The van der Waals surface area contributed by atoms with Gasteiger partial charge in [0.1, 0.15) is 25.0 Å². The molecular weight excluding hydrogens is 591 g/mol. The highest BCUT2D eigenvalue weighted by Crippen LogP contribution is 2.47. The van der Waals surface area contributed by atoms with E-state index >= 15 is 4.39 Å². The van der Waals surface area contributed by atoms with Crippen LogP contribution in [0, 0.1) is 17.8 Å². The first-order chi connectivity index (χ1) is 22.4. The van der Waals surface area contributed by atoms with E-state index in [2.05, 4.69) is 13.2 Å². The summed E-state index contributed by atoms with van der Waals surface area (Å²) in [7, 11) is 0. The van der Waals surface area contributed by atoms with E-state index in [0.29, 0.717) is 44.5 Å². The Bertz CT molecular complexity index is 926. The molecule has 0 bridgehead atoms. The third kappa shape index (κ3) is 11.4. The third-order valence-electron chi connectivity index (χ3n) is 10.8. The lowest BCUT2D eigenvalue weighted by atomic mass is 9.67. The topological polar surface area (TPSA) is 89.5 Å². The van der Waals surface area contributed by atoms with Crippen LogP contribution in [0.2, 0.25) is 0 Å². The number of alkyl halides is 1. The van der Waals surface area contributed by atoms with Gasteiger partial charge in [-0.2, -0.15) is 0 Å². The van der Waals surface area contributed by atoms with Gasteiger partial charge in [-0.05, 0) is 115 Å². The highest BCUT2D eigenvalue weighted by atomic mass is 19.1. The Hall–Kier alpha value is -1.81. The van der Waals surface area contributed by atoms with Crippen LogP contribution in [-0.4, -0.2) is 68.5 Å². The van der Waals surface area contributed by atoms with Gasteiger partial charge in [-0.25, -0.2) is 19.0 Å². The van der Waals surface area contributed by atoms with Gasteiger partial charge in [-0.3, -0.25) is 4.79 Å². The molecule has 8 nitrogen and oxygen atoms in total. The maximum Gasteiger partial charge on any atom is 0.330 e. The standard InChI is InChI=1S/C37H59FO8/c1-3-23-44-46-34-12-8-7-11-26-43-37(34)21-19-28(20-22-37)30-15-18-33(32(38)27-30)45-36(40)29-13-16-31(17-14-29)41-24-9-5-6-10-25-42-35(39)4-2/h3-4,28-34H,1-2,5-27H2. The van der Waals surface area contributed by atoms with Crippen molar-refractivity contribution in [1.29, 1.82) is 0 Å². The first-order valence-corrected chi connectivity index (χ1v) is 18.2. The lowest BCUT2D eigenvalue weighted by molar-refractivity contribution is -0.356. The normalized spacial score (nSPS) is 33.8. The summed E-state index contributed by atoms with van der Waals surface area (Å²) in [5.41, 5.74) is -0.325. The van der Waals surface area contributed by atoms with E-state index in [9.17, 15) is 9.59 Å². The van der Waals surface area contributed by atoms with Crippen molar-refractivity contribution >= 4 is 11.9 Å². The number of rotatable bonds is 16. The van der Waals surface area contributed by atoms with Crippen LogP contribution in [0.15, 0.2) is 25.3 Å². The van der Waals surface area contributed by atoms with Gasteiger partial charge in [-0.15, -0.1) is 6.58 Å². The van der Waals surface area contributed by atoms with Gasteiger partial charge in [0.25, 0.3) is 0 Å². The van der Waals surface area contributed by atoms with Crippen LogP contribution in [-0.2, 0) is 38.3 Å². The Morgan fingerprint density at radius 1 is 0.848 bits per heavy atom. The SMILES string of the molecule is C=CCOOC1CCCCCOC12CCC(C1CCC(OC(=O)C3CCC(OCCCCCCOC(=O)C=C)CC3)C(F)C1)CC2. The molecule has 4 atom stereocenters. The molecule has 0 aromatic carbocycles. The van der Waals surface area contributed by atoms with Crippen molar-refractivity contribution in [3.8, 4) is 0 Å². The average molecular weight is 651 g/mol. The van der Waals surface area contributed by atoms with Crippen LogP contribution in [0.3, 0.4) is 0 Å². The summed E-state index contributed by atoms with van der Waals surface area (Å²) in [5.74, 6) is 0.0103. The Balaban J connectivity index is 1.11. The summed E-state index contributed by atoms with van der Waals surface area (Å²) in [6, 6.07) is 0. The summed E-state index contributed by atoms with van der Waals surface area (Å²) < 4.78 is 38.8. The molecular formula is C37H59FO8. The van der Waals surface area contributed by atoms with E-state index in [4.69, 9.17) is 28.7 Å².